The zero-order valence-electron chi connectivity index (χ0n) is 8.99. The van der Waals surface area contributed by atoms with Crippen LogP contribution in [0.1, 0.15) is 49.4 Å². The van der Waals surface area contributed by atoms with Gasteiger partial charge in [0.05, 0.1) is 0 Å². The number of hydrogen-bond donors (Lipinski definition) is 0. The Morgan fingerprint density at radius 2 is 2.07 bits per heavy atom. The SMILES string of the molecule is CCCCCCC(=O)C(=O)c1ccsc1. The number of unbranched alkanes of at least 4 members (excludes halogenated alkanes) is 3. The summed E-state index contributed by atoms with van der Waals surface area (Å²) in [5.74, 6) is -0.572. The van der Waals surface area contributed by atoms with Crippen molar-refractivity contribution in [2.75, 3.05) is 0 Å². The van der Waals surface area contributed by atoms with Gasteiger partial charge in [-0.15, -0.1) is 0 Å². The first-order valence-corrected chi connectivity index (χ1v) is 6.29. The molecule has 0 atom stereocenters. The van der Waals surface area contributed by atoms with Crippen molar-refractivity contribution >= 4 is 22.9 Å². The highest BCUT2D eigenvalue weighted by Gasteiger charge is 2.15. The molecule has 0 aromatic carbocycles. The van der Waals surface area contributed by atoms with Crippen LogP contribution in [0, 0.1) is 0 Å². The van der Waals surface area contributed by atoms with E-state index in [-0.39, 0.29) is 11.6 Å². The van der Waals surface area contributed by atoms with Crippen molar-refractivity contribution in [3.8, 4) is 0 Å². The fourth-order valence-electron chi connectivity index (χ4n) is 1.38. The van der Waals surface area contributed by atoms with Crippen molar-refractivity contribution in [3.05, 3.63) is 22.4 Å². The Balaban J connectivity index is 2.31. The van der Waals surface area contributed by atoms with Gasteiger partial charge >= 0.3 is 0 Å². The molecule has 82 valence electrons. The Bertz CT molecular complexity index is 314. The molecule has 0 aliphatic rings. The van der Waals surface area contributed by atoms with Gasteiger partial charge in [-0.1, -0.05) is 26.2 Å². The average Bonchev–Trinajstić information content (AvgIpc) is 2.76. The van der Waals surface area contributed by atoms with Gasteiger partial charge in [0.1, 0.15) is 0 Å². The second-order valence-electron chi connectivity index (χ2n) is 3.57. The lowest BCUT2D eigenvalue weighted by Crippen LogP contribution is -2.12. The molecule has 0 N–H and O–H groups in total. The number of carbonyl (C=O) groups excluding carboxylic acids is 2. The normalized spacial score (nSPS) is 10.2. The standard InChI is InChI=1S/C12H16O2S/c1-2-3-4-5-6-11(13)12(14)10-7-8-15-9-10/h7-9H,2-6H2,1H3. The highest BCUT2D eigenvalue weighted by molar-refractivity contribution is 7.08. The number of rotatable bonds is 7. The van der Waals surface area contributed by atoms with Crippen LogP contribution in [0.4, 0.5) is 0 Å². The molecule has 0 amide bonds. The van der Waals surface area contributed by atoms with E-state index in [0.29, 0.717) is 12.0 Å². The molecule has 0 bridgehead atoms. The zero-order chi connectivity index (χ0) is 11.1. The summed E-state index contributed by atoms with van der Waals surface area (Å²) in [6.45, 7) is 2.12. The van der Waals surface area contributed by atoms with Gasteiger partial charge in [0.25, 0.3) is 0 Å². The summed E-state index contributed by atoms with van der Waals surface area (Å²) in [5.41, 5.74) is 0.542. The Hall–Kier alpha value is -0.960. The smallest absolute Gasteiger partial charge is 0.229 e. The molecule has 0 saturated heterocycles. The molecule has 0 aliphatic carbocycles. The summed E-state index contributed by atoms with van der Waals surface area (Å²) in [4.78, 5) is 23.0. The zero-order valence-corrected chi connectivity index (χ0v) is 9.81. The lowest BCUT2D eigenvalue weighted by atomic mass is 10.0. The molecule has 2 nitrogen and oxygen atoms in total. The van der Waals surface area contributed by atoms with E-state index in [2.05, 4.69) is 6.92 Å². The largest absolute Gasteiger partial charge is 0.290 e. The molecule has 0 radical (unpaired) electrons. The number of ketones is 2. The molecule has 3 heteroatoms. The van der Waals surface area contributed by atoms with Gasteiger partial charge in [-0.05, 0) is 17.9 Å². The van der Waals surface area contributed by atoms with Gasteiger partial charge < -0.3 is 0 Å². The molecule has 0 spiro atoms. The maximum absolute atomic E-state index is 11.5. The van der Waals surface area contributed by atoms with Gasteiger partial charge in [0.15, 0.2) is 0 Å². The van der Waals surface area contributed by atoms with Gasteiger partial charge in [-0.2, -0.15) is 11.3 Å². The second-order valence-corrected chi connectivity index (χ2v) is 4.36. The van der Waals surface area contributed by atoms with Crippen LogP contribution in [-0.4, -0.2) is 11.6 Å². The molecule has 15 heavy (non-hydrogen) atoms. The quantitative estimate of drug-likeness (QED) is 0.404. The lowest BCUT2D eigenvalue weighted by Gasteiger charge is -1.98. The van der Waals surface area contributed by atoms with Crippen LogP contribution in [0.15, 0.2) is 16.8 Å². The fourth-order valence-corrected chi connectivity index (χ4v) is 2.02. The van der Waals surface area contributed by atoms with E-state index in [1.54, 1.807) is 11.4 Å². The Kier molecular flexibility index (Phi) is 5.26. The highest BCUT2D eigenvalue weighted by atomic mass is 32.1. The van der Waals surface area contributed by atoms with Crippen LogP contribution in [0.5, 0.6) is 0 Å². The predicted octanol–water partition coefficient (Wildman–Crippen LogP) is 3.47. The molecule has 1 rings (SSSR count). The Morgan fingerprint density at radius 3 is 2.67 bits per heavy atom. The van der Waals surface area contributed by atoms with Gasteiger partial charge in [-0.3, -0.25) is 9.59 Å². The van der Waals surface area contributed by atoms with E-state index in [1.807, 2.05) is 5.38 Å². The molecular formula is C12H16O2S. The summed E-state index contributed by atoms with van der Waals surface area (Å²) < 4.78 is 0. The first-order valence-electron chi connectivity index (χ1n) is 5.35. The summed E-state index contributed by atoms with van der Waals surface area (Å²) in [7, 11) is 0. The Morgan fingerprint density at radius 1 is 1.27 bits per heavy atom. The molecule has 0 fully saturated rings. The number of carbonyl (C=O) groups is 2. The minimum absolute atomic E-state index is 0.246. The van der Waals surface area contributed by atoms with Crippen molar-refractivity contribution in [2.45, 2.75) is 39.0 Å². The van der Waals surface area contributed by atoms with Crippen LogP contribution in [-0.2, 0) is 4.79 Å². The molecule has 1 aromatic heterocycles. The van der Waals surface area contributed by atoms with E-state index < -0.39 is 0 Å². The molecule has 0 saturated carbocycles. The topological polar surface area (TPSA) is 34.1 Å². The van der Waals surface area contributed by atoms with E-state index in [9.17, 15) is 9.59 Å². The van der Waals surface area contributed by atoms with Gasteiger partial charge in [0, 0.05) is 17.4 Å². The molecule has 0 unspecified atom stereocenters. The molecular weight excluding hydrogens is 208 g/mol. The predicted molar refractivity (Wildman–Crippen MR) is 62.4 cm³/mol. The second kappa shape index (κ2) is 6.51. The van der Waals surface area contributed by atoms with Gasteiger partial charge in [0.2, 0.25) is 11.6 Å². The lowest BCUT2D eigenvalue weighted by molar-refractivity contribution is -0.115. The van der Waals surface area contributed by atoms with Crippen molar-refractivity contribution < 1.29 is 9.59 Å². The molecule has 1 heterocycles. The van der Waals surface area contributed by atoms with Crippen molar-refractivity contribution in [3.63, 3.8) is 0 Å². The van der Waals surface area contributed by atoms with E-state index in [4.69, 9.17) is 0 Å². The van der Waals surface area contributed by atoms with Crippen LogP contribution in [0.25, 0.3) is 0 Å². The van der Waals surface area contributed by atoms with Gasteiger partial charge in [-0.25, -0.2) is 0 Å². The molecule has 1 aromatic rings. The number of hydrogen-bond acceptors (Lipinski definition) is 3. The monoisotopic (exact) mass is 224 g/mol. The minimum atomic E-state index is -0.326. The summed E-state index contributed by atoms with van der Waals surface area (Å²) in [5, 5.41) is 3.55. The summed E-state index contributed by atoms with van der Waals surface area (Å²) in [6, 6.07) is 1.71. The van der Waals surface area contributed by atoms with E-state index >= 15 is 0 Å². The fraction of sp³-hybridized carbons (Fsp3) is 0.500. The van der Waals surface area contributed by atoms with Crippen molar-refractivity contribution in [1.29, 1.82) is 0 Å². The van der Waals surface area contributed by atoms with Crippen LogP contribution in [0.2, 0.25) is 0 Å². The number of thiophene rings is 1. The van der Waals surface area contributed by atoms with E-state index in [1.165, 1.54) is 11.3 Å². The molecule has 0 aliphatic heterocycles. The summed E-state index contributed by atoms with van der Waals surface area (Å²) >= 11 is 1.44. The van der Waals surface area contributed by atoms with Crippen LogP contribution in [0.3, 0.4) is 0 Å². The van der Waals surface area contributed by atoms with Crippen molar-refractivity contribution in [1.82, 2.24) is 0 Å². The first kappa shape index (κ1) is 12.1. The highest BCUT2D eigenvalue weighted by Crippen LogP contribution is 2.10. The average molecular weight is 224 g/mol. The third-order valence-corrected chi connectivity index (χ3v) is 2.98. The maximum atomic E-state index is 11.5. The minimum Gasteiger partial charge on any atom is -0.290 e. The van der Waals surface area contributed by atoms with E-state index in [0.717, 1.165) is 25.7 Å². The number of Topliss-reactive ketones (excluding diaryl/α,β-unsaturated/α-hetero) is 2. The first-order chi connectivity index (χ1) is 7.25. The Labute approximate surface area is 94.3 Å². The van der Waals surface area contributed by atoms with Crippen LogP contribution >= 0.6 is 11.3 Å². The van der Waals surface area contributed by atoms with Crippen LogP contribution < -0.4 is 0 Å². The maximum Gasteiger partial charge on any atom is 0.229 e. The third-order valence-electron chi connectivity index (χ3n) is 2.29. The van der Waals surface area contributed by atoms with Crippen molar-refractivity contribution in [2.24, 2.45) is 0 Å². The third kappa shape index (κ3) is 3.96. The summed E-state index contributed by atoms with van der Waals surface area (Å²) in [6.07, 6.45) is 4.56.